The number of aliphatic carboxylic acids is 1. The predicted molar refractivity (Wildman–Crippen MR) is 61.9 cm³/mol. The third-order valence-electron chi connectivity index (χ3n) is 1.85. The molecule has 4 N–H and O–H groups in total. The Morgan fingerprint density at radius 3 is 2.47 bits per heavy atom. The van der Waals surface area contributed by atoms with Gasteiger partial charge in [-0.05, 0) is 13.3 Å². The van der Waals surface area contributed by atoms with Gasteiger partial charge in [0, 0.05) is 12.5 Å². The SMILES string of the molecule is C/C=C/C=C/C(=O)N[C@@H](CCC(N)=O)C(=O)O. The molecule has 94 valence electrons. The van der Waals surface area contributed by atoms with Crippen LogP contribution in [0.5, 0.6) is 0 Å². The summed E-state index contributed by atoms with van der Waals surface area (Å²) in [5, 5.41) is 11.1. The van der Waals surface area contributed by atoms with Crippen molar-refractivity contribution in [2.24, 2.45) is 5.73 Å². The first kappa shape index (κ1) is 14.9. The number of allylic oxidation sites excluding steroid dienone is 3. The van der Waals surface area contributed by atoms with Gasteiger partial charge in [-0.3, -0.25) is 9.59 Å². The van der Waals surface area contributed by atoms with Crippen LogP contribution < -0.4 is 11.1 Å². The molecule has 1 atom stereocenters. The van der Waals surface area contributed by atoms with Crippen molar-refractivity contribution in [3.8, 4) is 0 Å². The van der Waals surface area contributed by atoms with Crippen molar-refractivity contribution < 1.29 is 19.5 Å². The van der Waals surface area contributed by atoms with E-state index in [0.717, 1.165) is 0 Å². The van der Waals surface area contributed by atoms with Gasteiger partial charge in [0.05, 0.1) is 0 Å². The molecule has 0 heterocycles. The van der Waals surface area contributed by atoms with Crippen LogP contribution in [-0.2, 0) is 14.4 Å². The molecular weight excluding hydrogens is 224 g/mol. The Labute approximate surface area is 99.2 Å². The number of hydrogen-bond acceptors (Lipinski definition) is 3. The Morgan fingerprint density at radius 1 is 1.35 bits per heavy atom. The predicted octanol–water partition coefficient (Wildman–Crippen LogP) is -0.0464. The highest BCUT2D eigenvalue weighted by Crippen LogP contribution is 1.97. The Hall–Kier alpha value is -2.11. The topological polar surface area (TPSA) is 109 Å². The van der Waals surface area contributed by atoms with Crippen molar-refractivity contribution in [1.82, 2.24) is 5.32 Å². The van der Waals surface area contributed by atoms with E-state index < -0.39 is 23.8 Å². The number of carboxylic acid groups (broad SMARTS) is 1. The van der Waals surface area contributed by atoms with E-state index in [0.29, 0.717) is 0 Å². The first-order chi connectivity index (χ1) is 7.97. The second-order valence-electron chi connectivity index (χ2n) is 3.29. The number of hydrogen-bond donors (Lipinski definition) is 3. The molecule has 6 nitrogen and oxygen atoms in total. The fourth-order valence-electron chi connectivity index (χ4n) is 1.02. The Kier molecular flexibility index (Phi) is 7.09. The molecule has 0 bridgehead atoms. The highest BCUT2D eigenvalue weighted by atomic mass is 16.4. The van der Waals surface area contributed by atoms with Crippen molar-refractivity contribution >= 4 is 17.8 Å². The minimum atomic E-state index is -1.20. The fourth-order valence-corrected chi connectivity index (χ4v) is 1.02. The van der Waals surface area contributed by atoms with Crippen molar-refractivity contribution in [1.29, 1.82) is 0 Å². The summed E-state index contributed by atoms with van der Waals surface area (Å²) in [5.74, 6) is -2.33. The number of nitrogens with one attached hydrogen (secondary N) is 1. The lowest BCUT2D eigenvalue weighted by atomic mass is 10.1. The lowest BCUT2D eigenvalue weighted by Crippen LogP contribution is -2.40. The molecule has 0 aliphatic rings. The van der Waals surface area contributed by atoms with Crippen LogP contribution in [0.4, 0.5) is 0 Å². The Morgan fingerprint density at radius 2 is 2.00 bits per heavy atom. The number of carboxylic acids is 1. The number of carbonyl (C=O) groups excluding carboxylic acids is 2. The van der Waals surface area contributed by atoms with Gasteiger partial charge < -0.3 is 16.2 Å². The summed E-state index contributed by atoms with van der Waals surface area (Å²) in [6, 6.07) is -1.11. The van der Waals surface area contributed by atoms with E-state index in [1.165, 1.54) is 12.2 Å². The second kappa shape index (κ2) is 8.09. The van der Waals surface area contributed by atoms with Crippen LogP contribution in [-0.4, -0.2) is 28.9 Å². The smallest absolute Gasteiger partial charge is 0.326 e. The van der Waals surface area contributed by atoms with E-state index in [-0.39, 0.29) is 12.8 Å². The van der Waals surface area contributed by atoms with Crippen molar-refractivity contribution in [3.05, 3.63) is 24.3 Å². The molecule has 0 fully saturated rings. The summed E-state index contributed by atoms with van der Waals surface area (Å²) in [7, 11) is 0. The molecule has 0 aliphatic carbocycles. The van der Waals surface area contributed by atoms with E-state index in [2.05, 4.69) is 5.32 Å². The summed E-state index contributed by atoms with van der Waals surface area (Å²) >= 11 is 0. The number of rotatable bonds is 7. The first-order valence-electron chi connectivity index (χ1n) is 5.08. The van der Waals surface area contributed by atoms with E-state index in [1.807, 2.05) is 0 Å². The molecule has 0 unspecified atom stereocenters. The van der Waals surface area contributed by atoms with E-state index in [4.69, 9.17) is 10.8 Å². The van der Waals surface area contributed by atoms with Crippen LogP contribution in [0, 0.1) is 0 Å². The largest absolute Gasteiger partial charge is 0.480 e. The van der Waals surface area contributed by atoms with Crippen molar-refractivity contribution in [2.45, 2.75) is 25.8 Å². The van der Waals surface area contributed by atoms with Crippen LogP contribution in [0.15, 0.2) is 24.3 Å². The maximum Gasteiger partial charge on any atom is 0.326 e. The molecule has 0 radical (unpaired) electrons. The van der Waals surface area contributed by atoms with Gasteiger partial charge in [-0.15, -0.1) is 0 Å². The fraction of sp³-hybridized carbons (Fsp3) is 0.364. The second-order valence-corrected chi connectivity index (χ2v) is 3.29. The van der Waals surface area contributed by atoms with Gasteiger partial charge in [-0.25, -0.2) is 4.79 Å². The molecule has 0 aliphatic heterocycles. The Balaban J connectivity index is 4.29. The molecule has 0 aromatic carbocycles. The molecular formula is C11H16N2O4. The van der Waals surface area contributed by atoms with Crippen LogP contribution in [0.3, 0.4) is 0 Å². The van der Waals surface area contributed by atoms with Crippen LogP contribution >= 0.6 is 0 Å². The summed E-state index contributed by atoms with van der Waals surface area (Å²) in [5.41, 5.74) is 4.90. The highest BCUT2D eigenvalue weighted by Gasteiger charge is 2.19. The normalized spacial score (nSPS) is 12.8. The monoisotopic (exact) mass is 240 g/mol. The van der Waals surface area contributed by atoms with Gasteiger partial charge in [0.15, 0.2) is 0 Å². The zero-order chi connectivity index (χ0) is 13.3. The zero-order valence-corrected chi connectivity index (χ0v) is 9.55. The maximum atomic E-state index is 11.3. The summed E-state index contributed by atoms with van der Waals surface area (Å²) in [6.07, 6.45) is 5.95. The summed E-state index contributed by atoms with van der Waals surface area (Å²) < 4.78 is 0. The molecule has 0 aromatic rings. The van der Waals surface area contributed by atoms with Gasteiger partial charge in [0.2, 0.25) is 11.8 Å². The average Bonchev–Trinajstić information content (AvgIpc) is 2.23. The molecule has 0 spiro atoms. The number of carbonyl (C=O) groups is 3. The van der Waals surface area contributed by atoms with E-state index >= 15 is 0 Å². The van der Waals surface area contributed by atoms with E-state index in [9.17, 15) is 14.4 Å². The Bertz CT molecular complexity index is 347. The van der Waals surface area contributed by atoms with Gasteiger partial charge in [0.25, 0.3) is 0 Å². The van der Waals surface area contributed by atoms with Crippen LogP contribution in [0.1, 0.15) is 19.8 Å². The molecule has 0 rings (SSSR count). The van der Waals surface area contributed by atoms with Crippen molar-refractivity contribution in [3.63, 3.8) is 0 Å². The lowest BCUT2D eigenvalue weighted by molar-refractivity contribution is -0.141. The van der Waals surface area contributed by atoms with Gasteiger partial charge >= 0.3 is 5.97 Å². The van der Waals surface area contributed by atoms with Gasteiger partial charge in [-0.1, -0.05) is 18.2 Å². The highest BCUT2D eigenvalue weighted by molar-refractivity contribution is 5.91. The number of nitrogens with two attached hydrogens (primary N) is 1. The molecule has 2 amide bonds. The zero-order valence-electron chi connectivity index (χ0n) is 9.55. The quantitative estimate of drug-likeness (QED) is 0.428. The average molecular weight is 240 g/mol. The lowest BCUT2D eigenvalue weighted by Gasteiger charge is -2.11. The number of amides is 2. The van der Waals surface area contributed by atoms with Crippen molar-refractivity contribution in [2.75, 3.05) is 0 Å². The van der Waals surface area contributed by atoms with Crippen LogP contribution in [0.25, 0.3) is 0 Å². The van der Waals surface area contributed by atoms with Gasteiger partial charge in [-0.2, -0.15) is 0 Å². The first-order valence-corrected chi connectivity index (χ1v) is 5.08. The molecule has 6 heteroatoms. The molecule has 0 saturated heterocycles. The standard InChI is InChI=1S/C11H16N2O4/c1-2-3-4-5-10(15)13-8(11(16)17)6-7-9(12)14/h2-5,8H,6-7H2,1H3,(H2,12,14)(H,13,15)(H,16,17)/b3-2+,5-4+/t8-/m0/s1. The maximum absolute atomic E-state index is 11.3. The molecule has 17 heavy (non-hydrogen) atoms. The van der Waals surface area contributed by atoms with E-state index in [1.54, 1.807) is 19.1 Å². The summed E-state index contributed by atoms with van der Waals surface area (Å²) in [6.45, 7) is 1.79. The van der Waals surface area contributed by atoms with Gasteiger partial charge in [0.1, 0.15) is 6.04 Å². The number of primary amides is 1. The molecule has 0 aromatic heterocycles. The summed E-state index contributed by atoms with van der Waals surface area (Å²) in [4.78, 5) is 32.6. The third kappa shape index (κ3) is 7.78. The third-order valence-corrected chi connectivity index (χ3v) is 1.85. The van der Waals surface area contributed by atoms with Crippen LogP contribution in [0.2, 0.25) is 0 Å². The molecule has 0 saturated carbocycles. The minimum absolute atomic E-state index is 0.0200. The minimum Gasteiger partial charge on any atom is -0.480 e.